The molecule has 0 unspecified atom stereocenters. The van der Waals surface area contributed by atoms with Gasteiger partial charge in [-0.1, -0.05) is 24.3 Å². The molecule has 9 heteroatoms. The number of nitrogens with two attached hydrogens (primary N) is 1. The van der Waals surface area contributed by atoms with E-state index in [4.69, 9.17) is 14.6 Å². The van der Waals surface area contributed by atoms with Gasteiger partial charge in [-0.3, -0.25) is 9.59 Å². The first-order valence-corrected chi connectivity index (χ1v) is 10.4. The fraction of sp³-hybridized carbons (Fsp3) is 0.300. The number of hydrogen-bond acceptors (Lipinski definition) is 6. The SMILES string of the molecule is COc1ccc(CCC(=O)OCC(=O)N[C@H](C)c2ccc(S(N)(=O)=O)cc2)cc1. The van der Waals surface area contributed by atoms with Gasteiger partial charge in [0.2, 0.25) is 10.0 Å². The number of amides is 1. The molecule has 2 rings (SSSR count). The number of aryl methyl sites for hydroxylation is 1. The van der Waals surface area contributed by atoms with Crippen LogP contribution in [0.5, 0.6) is 5.75 Å². The van der Waals surface area contributed by atoms with Crippen molar-refractivity contribution in [2.75, 3.05) is 13.7 Å². The van der Waals surface area contributed by atoms with Gasteiger partial charge in [0.25, 0.3) is 5.91 Å². The lowest BCUT2D eigenvalue weighted by molar-refractivity contribution is -0.148. The number of primary sulfonamides is 1. The Kier molecular flexibility index (Phi) is 7.74. The summed E-state index contributed by atoms with van der Waals surface area (Å²) in [6.45, 7) is 1.34. The fourth-order valence-corrected chi connectivity index (χ4v) is 3.08. The number of nitrogens with one attached hydrogen (secondary N) is 1. The molecule has 1 atom stereocenters. The second-order valence-corrected chi connectivity index (χ2v) is 7.97. The van der Waals surface area contributed by atoms with E-state index in [-0.39, 0.29) is 17.9 Å². The van der Waals surface area contributed by atoms with Gasteiger partial charge in [0.05, 0.1) is 18.0 Å². The molecule has 0 spiro atoms. The molecule has 0 aromatic heterocycles. The average molecular weight is 420 g/mol. The van der Waals surface area contributed by atoms with Crippen molar-refractivity contribution in [3.63, 3.8) is 0 Å². The van der Waals surface area contributed by atoms with E-state index in [0.717, 1.165) is 11.3 Å². The topological polar surface area (TPSA) is 125 Å². The highest BCUT2D eigenvalue weighted by Crippen LogP contribution is 2.15. The second kappa shape index (κ2) is 10.0. The maximum atomic E-state index is 12.0. The number of hydrogen-bond donors (Lipinski definition) is 2. The Balaban J connectivity index is 1.75. The van der Waals surface area contributed by atoms with Crippen molar-refractivity contribution in [3.8, 4) is 5.75 Å². The summed E-state index contributed by atoms with van der Waals surface area (Å²) in [6, 6.07) is 12.8. The predicted octanol–water partition coefficient (Wildman–Crippen LogP) is 1.70. The molecule has 1 amide bonds. The van der Waals surface area contributed by atoms with E-state index in [0.29, 0.717) is 12.0 Å². The molecule has 0 bridgehead atoms. The highest BCUT2D eigenvalue weighted by molar-refractivity contribution is 7.89. The molecule has 0 saturated carbocycles. The molecule has 0 aliphatic heterocycles. The molecule has 8 nitrogen and oxygen atoms in total. The summed E-state index contributed by atoms with van der Waals surface area (Å²) in [5.41, 5.74) is 1.65. The number of carbonyl (C=O) groups excluding carboxylic acids is 2. The van der Waals surface area contributed by atoms with Crippen LogP contribution in [-0.4, -0.2) is 34.0 Å². The lowest BCUT2D eigenvalue weighted by Gasteiger charge is -2.15. The molecule has 0 saturated heterocycles. The lowest BCUT2D eigenvalue weighted by atomic mass is 10.1. The monoisotopic (exact) mass is 420 g/mol. The van der Waals surface area contributed by atoms with Crippen LogP contribution in [-0.2, 0) is 30.8 Å². The van der Waals surface area contributed by atoms with Crippen LogP contribution < -0.4 is 15.2 Å². The van der Waals surface area contributed by atoms with Gasteiger partial charge in [0, 0.05) is 6.42 Å². The van der Waals surface area contributed by atoms with Crippen LogP contribution in [0, 0.1) is 0 Å². The van der Waals surface area contributed by atoms with Crippen LogP contribution >= 0.6 is 0 Å². The van der Waals surface area contributed by atoms with Gasteiger partial charge in [0.1, 0.15) is 5.75 Å². The minimum Gasteiger partial charge on any atom is -0.497 e. The van der Waals surface area contributed by atoms with Crippen molar-refractivity contribution in [2.45, 2.75) is 30.7 Å². The van der Waals surface area contributed by atoms with Crippen LogP contribution in [0.25, 0.3) is 0 Å². The Morgan fingerprint density at radius 3 is 2.24 bits per heavy atom. The smallest absolute Gasteiger partial charge is 0.306 e. The van der Waals surface area contributed by atoms with Gasteiger partial charge >= 0.3 is 5.97 Å². The number of methoxy groups -OCH3 is 1. The van der Waals surface area contributed by atoms with Crippen molar-refractivity contribution in [2.24, 2.45) is 5.14 Å². The van der Waals surface area contributed by atoms with Crippen LogP contribution in [0.2, 0.25) is 0 Å². The number of carbonyl (C=O) groups is 2. The van der Waals surface area contributed by atoms with Crippen LogP contribution in [0.4, 0.5) is 0 Å². The lowest BCUT2D eigenvalue weighted by Crippen LogP contribution is -2.31. The summed E-state index contributed by atoms with van der Waals surface area (Å²) in [4.78, 5) is 23.8. The van der Waals surface area contributed by atoms with Crippen molar-refractivity contribution >= 4 is 21.9 Å². The zero-order valence-corrected chi connectivity index (χ0v) is 17.1. The molecule has 0 aliphatic rings. The predicted molar refractivity (Wildman–Crippen MR) is 107 cm³/mol. The number of benzene rings is 2. The van der Waals surface area contributed by atoms with Gasteiger partial charge < -0.3 is 14.8 Å². The maximum absolute atomic E-state index is 12.0. The Labute approximate surface area is 170 Å². The van der Waals surface area contributed by atoms with Crippen molar-refractivity contribution < 1.29 is 27.5 Å². The number of ether oxygens (including phenoxy) is 2. The minimum atomic E-state index is -3.77. The third-order valence-electron chi connectivity index (χ3n) is 4.23. The summed E-state index contributed by atoms with van der Waals surface area (Å²) >= 11 is 0. The molecule has 0 heterocycles. The van der Waals surface area contributed by atoms with Gasteiger partial charge in [-0.15, -0.1) is 0 Å². The van der Waals surface area contributed by atoms with Crippen molar-refractivity contribution in [1.29, 1.82) is 0 Å². The molecule has 0 radical (unpaired) electrons. The van der Waals surface area contributed by atoms with Gasteiger partial charge in [0.15, 0.2) is 6.61 Å². The van der Waals surface area contributed by atoms with E-state index in [1.54, 1.807) is 26.2 Å². The van der Waals surface area contributed by atoms with Crippen LogP contribution in [0.1, 0.15) is 30.5 Å². The molecule has 2 aromatic rings. The van der Waals surface area contributed by atoms with E-state index in [1.165, 1.54) is 12.1 Å². The number of esters is 1. The van der Waals surface area contributed by atoms with Gasteiger partial charge in [-0.05, 0) is 48.7 Å². The molecule has 0 aliphatic carbocycles. The van der Waals surface area contributed by atoms with Crippen LogP contribution in [0.3, 0.4) is 0 Å². The second-order valence-electron chi connectivity index (χ2n) is 6.41. The van der Waals surface area contributed by atoms with Crippen molar-refractivity contribution in [3.05, 3.63) is 59.7 Å². The first-order chi connectivity index (χ1) is 13.7. The number of sulfonamides is 1. The zero-order chi connectivity index (χ0) is 21.4. The molecule has 29 heavy (non-hydrogen) atoms. The van der Waals surface area contributed by atoms with Gasteiger partial charge in [-0.2, -0.15) is 0 Å². The molecular weight excluding hydrogens is 396 g/mol. The summed E-state index contributed by atoms with van der Waals surface area (Å²) in [7, 11) is -2.19. The van der Waals surface area contributed by atoms with E-state index in [1.807, 2.05) is 24.3 Å². The largest absolute Gasteiger partial charge is 0.497 e. The van der Waals surface area contributed by atoms with Crippen LogP contribution in [0.15, 0.2) is 53.4 Å². The summed E-state index contributed by atoms with van der Waals surface area (Å²) in [6.07, 6.45) is 0.654. The average Bonchev–Trinajstić information content (AvgIpc) is 2.70. The highest BCUT2D eigenvalue weighted by atomic mass is 32.2. The zero-order valence-electron chi connectivity index (χ0n) is 16.3. The van der Waals surface area contributed by atoms with E-state index >= 15 is 0 Å². The highest BCUT2D eigenvalue weighted by Gasteiger charge is 2.14. The molecular formula is C20H24N2O6S. The quantitative estimate of drug-likeness (QED) is 0.595. The Hall–Kier alpha value is -2.91. The molecule has 2 aromatic carbocycles. The standard InChI is InChI=1S/C20H24N2O6S/c1-14(16-6-10-18(11-7-16)29(21,25)26)22-19(23)13-28-20(24)12-5-15-3-8-17(27-2)9-4-15/h3-4,6-11,14H,5,12-13H2,1-2H3,(H,22,23)(H2,21,25,26)/t14-/m1/s1. The Morgan fingerprint density at radius 1 is 1.07 bits per heavy atom. The summed E-state index contributed by atoms with van der Waals surface area (Å²) in [5, 5.41) is 7.74. The summed E-state index contributed by atoms with van der Waals surface area (Å²) < 4.78 is 32.6. The molecule has 156 valence electrons. The number of rotatable bonds is 9. The third kappa shape index (κ3) is 7.20. The van der Waals surface area contributed by atoms with E-state index < -0.39 is 27.9 Å². The van der Waals surface area contributed by atoms with Crippen molar-refractivity contribution in [1.82, 2.24) is 5.32 Å². The van der Waals surface area contributed by atoms with E-state index in [9.17, 15) is 18.0 Å². The fourth-order valence-electron chi connectivity index (χ4n) is 2.57. The first kappa shape index (κ1) is 22.4. The summed E-state index contributed by atoms with van der Waals surface area (Å²) in [5.74, 6) is -0.187. The molecule has 0 fully saturated rings. The first-order valence-electron chi connectivity index (χ1n) is 8.89. The third-order valence-corrected chi connectivity index (χ3v) is 5.16. The maximum Gasteiger partial charge on any atom is 0.306 e. The normalized spacial score (nSPS) is 12.1. The van der Waals surface area contributed by atoms with Gasteiger partial charge in [-0.25, -0.2) is 13.6 Å². The Bertz CT molecular complexity index is 940. The van der Waals surface area contributed by atoms with E-state index in [2.05, 4.69) is 5.32 Å². The Morgan fingerprint density at radius 2 is 1.69 bits per heavy atom. The minimum absolute atomic E-state index is 0.00873. The molecule has 3 N–H and O–H groups in total.